The van der Waals surface area contributed by atoms with E-state index in [0.717, 1.165) is 28.0 Å². The fourth-order valence-electron chi connectivity index (χ4n) is 4.10. The molecule has 1 aliphatic heterocycles. The second-order valence-electron chi connectivity index (χ2n) is 9.10. The van der Waals surface area contributed by atoms with Crippen molar-refractivity contribution < 1.29 is 19.1 Å². The van der Waals surface area contributed by atoms with E-state index < -0.39 is 0 Å². The van der Waals surface area contributed by atoms with Gasteiger partial charge in [-0.05, 0) is 60.0 Å². The van der Waals surface area contributed by atoms with Crippen molar-refractivity contribution >= 4 is 29.3 Å². The van der Waals surface area contributed by atoms with Crippen LogP contribution in [0.5, 0.6) is 11.5 Å². The highest BCUT2D eigenvalue weighted by molar-refractivity contribution is 6.03. The Balaban J connectivity index is 1.21. The lowest BCUT2D eigenvalue weighted by atomic mass is 10.1. The number of nitrogens with zero attached hydrogens (tertiary/aromatic N) is 1. The van der Waals surface area contributed by atoms with Crippen LogP contribution in [0.3, 0.4) is 0 Å². The van der Waals surface area contributed by atoms with Crippen LogP contribution in [0.1, 0.15) is 22.3 Å². The van der Waals surface area contributed by atoms with Gasteiger partial charge in [0.2, 0.25) is 5.91 Å². The zero-order valence-corrected chi connectivity index (χ0v) is 21.1. The van der Waals surface area contributed by atoms with Crippen molar-refractivity contribution in [3.05, 3.63) is 125 Å². The molecule has 190 valence electrons. The molecule has 6 heteroatoms. The smallest absolute Gasteiger partial charge is 0.265 e. The fourth-order valence-corrected chi connectivity index (χ4v) is 4.10. The van der Waals surface area contributed by atoms with Gasteiger partial charge >= 0.3 is 0 Å². The van der Waals surface area contributed by atoms with Crippen molar-refractivity contribution in [2.24, 2.45) is 0 Å². The molecule has 1 heterocycles. The maximum absolute atomic E-state index is 12.7. The molecule has 6 nitrogen and oxygen atoms in total. The number of aryl methyl sites for hydroxylation is 1. The third-order valence-electron chi connectivity index (χ3n) is 6.19. The van der Waals surface area contributed by atoms with Crippen LogP contribution in [0, 0.1) is 6.92 Å². The predicted molar refractivity (Wildman–Crippen MR) is 149 cm³/mol. The number of benzene rings is 4. The predicted octanol–water partition coefficient (Wildman–Crippen LogP) is 6.15. The molecule has 0 saturated heterocycles. The Bertz CT molecular complexity index is 1450. The lowest BCUT2D eigenvalue weighted by Gasteiger charge is -2.30. The molecule has 2 amide bonds. The molecule has 1 N–H and O–H groups in total. The lowest BCUT2D eigenvalue weighted by molar-refractivity contribution is -0.121. The number of fused-ring (bicyclic) bond motifs is 1. The molecular weight excluding hydrogens is 476 g/mol. The van der Waals surface area contributed by atoms with Gasteiger partial charge in [0.25, 0.3) is 5.91 Å². The van der Waals surface area contributed by atoms with E-state index in [2.05, 4.69) is 5.32 Å². The molecule has 1 aliphatic rings. The van der Waals surface area contributed by atoms with E-state index in [1.54, 1.807) is 29.2 Å². The number of rotatable bonds is 8. The number of nitrogens with one attached hydrogen (secondary N) is 1. The SMILES string of the molecule is Cc1ccc(CN2C(=O)COc3ccc(NC(=O)/C=C/c4ccc(OCc5ccccc5)cc4)cc32)cc1. The number of hydrogen-bond donors (Lipinski definition) is 1. The standard InChI is InChI=1S/C32H28N2O4/c1-23-7-9-25(10-8-23)20-34-29-19-27(14-17-30(29)38-22-32(34)36)33-31(35)18-13-24-11-15-28(16-12-24)37-21-26-5-3-2-4-6-26/h2-19H,20-22H2,1H3,(H,33,35)/b18-13+. The summed E-state index contributed by atoms with van der Waals surface area (Å²) in [6.45, 7) is 2.94. The number of ether oxygens (including phenoxy) is 2. The number of hydrogen-bond acceptors (Lipinski definition) is 4. The molecule has 4 aromatic carbocycles. The Kier molecular flexibility index (Phi) is 7.50. The molecule has 4 aromatic rings. The van der Waals surface area contributed by atoms with Crippen LogP contribution in [-0.2, 0) is 22.7 Å². The first-order chi connectivity index (χ1) is 18.5. The zero-order chi connectivity index (χ0) is 26.3. The summed E-state index contributed by atoms with van der Waals surface area (Å²) in [7, 11) is 0. The third kappa shape index (κ3) is 6.28. The van der Waals surface area contributed by atoms with Crippen molar-refractivity contribution in [3.63, 3.8) is 0 Å². The van der Waals surface area contributed by atoms with Gasteiger partial charge in [-0.25, -0.2) is 0 Å². The first-order valence-electron chi connectivity index (χ1n) is 12.4. The average molecular weight is 505 g/mol. The summed E-state index contributed by atoms with van der Waals surface area (Å²) < 4.78 is 11.4. The van der Waals surface area contributed by atoms with Gasteiger partial charge in [0, 0.05) is 11.8 Å². The van der Waals surface area contributed by atoms with E-state index in [0.29, 0.717) is 30.3 Å². The Morgan fingerprint density at radius 3 is 2.47 bits per heavy atom. The molecule has 0 unspecified atom stereocenters. The molecule has 0 spiro atoms. The summed E-state index contributed by atoms with van der Waals surface area (Å²) in [5.41, 5.74) is 5.37. The molecule has 0 bridgehead atoms. The topological polar surface area (TPSA) is 67.9 Å². The maximum Gasteiger partial charge on any atom is 0.265 e. The van der Waals surface area contributed by atoms with Crippen LogP contribution >= 0.6 is 0 Å². The Hall–Kier alpha value is -4.84. The first-order valence-corrected chi connectivity index (χ1v) is 12.4. The molecule has 38 heavy (non-hydrogen) atoms. The van der Waals surface area contributed by atoms with E-state index in [1.165, 1.54) is 6.08 Å². The quantitative estimate of drug-likeness (QED) is 0.292. The monoisotopic (exact) mass is 504 g/mol. The summed E-state index contributed by atoms with van der Waals surface area (Å²) in [5, 5.41) is 2.87. The molecule has 0 saturated carbocycles. The molecule has 0 aromatic heterocycles. The number of amides is 2. The molecular formula is C32H28N2O4. The van der Waals surface area contributed by atoms with E-state index in [9.17, 15) is 9.59 Å². The van der Waals surface area contributed by atoms with E-state index in [4.69, 9.17) is 9.47 Å². The van der Waals surface area contributed by atoms with Gasteiger partial charge in [-0.1, -0.05) is 72.3 Å². The van der Waals surface area contributed by atoms with E-state index in [1.807, 2.05) is 85.8 Å². The average Bonchev–Trinajstić information content (AvgIpc) is 2.94. The summed E-state index contributed by atoms with van der Waals surface area (Å²) in [6, 6.07) is 30.9. The highest BCUT2D eigenvalue weighted by Crippen LogP contribution is 2.35. The maximum atomic E-state index is 12.7. The van der Waals surface area contributed by atoms with Crippen LogP contribution < -0.4 is 19.7 Å². The minimum atomic E-state index is -0.275. The Labute approximate surface area is 222 Å². The number of carbonyl (C=O) groups is 2. The van der Waals surface area contributed by atoms with Gasteiger partial charge in [0.15, 0.2) is 6.61 Å². The highest BCUT2D eigenvalue weighted by atomic mass is 16.5. The van der Waals surface area contributed by atoms with Crippen molar-refractivity contribution in [1.29, 1.82) is 0 Å². The minimum absolute atomic E-state index is 0.0105. The van der Waals surface area contributed by atoms with Crippen LogP contribution in [0.2, 0.25) is 0 Å². The Morgan fingerprint density at radius 1 is 0.947 bits per heavy atom. The van der Waals surface area contributed by atoms with Gasteiger partial charge < -0.3 is 19.7 Å². The van der Waals surface area contributed by atoms with Gasteiger partial charge in [0.05, 0.1) is 12.2 Å². The fraction of sp³-hybridized carbons (Fsp3) is 0.125. The molecule has 0 radical (unpaired) electrons. The van der Waals surface area contributed by atoms with Gasteiger partial charge in [0.1, 0.15) is 18.1 Å². The summed E-state index contributed by atoms with van der Waals surface area (Å²) in [6.07, 6.45) is 3.22. The molecule has 0 aliphatic carbocycles. The van der Waals surface area contributed by atoms with Crippen LogP contribution in [0.25, 0.3) is 6.08 Å². The van der Waals surface area contributed by atoms with Crippen molar-refractivity contribution in [2.45, 2.75) is 20.1 Å². The number of anilines is 2. The summed E-state index contributed by atoms with van der Waals surface area (Å²) in [4.78, 5) is 27.0. The zero-order valence-electron chi connectivity index (χ0n) is 21.1. The van der Waals surface area contributed by atoms with E-state index in [-0.39, 0.29) is 18.4 Å². The summed E-state index contributed by atoms with van der Waals surface area (Å²) >= 11 is 0. The molecule has 0 atom stereocenters. The van der Waals surface area contributed by atoms with Gasteiger partial charge in [-0.2, -0.15) is 0 Å². The van der Waals surface area contributed by atoms with E-state index >= 15 is 0 Å². The van der Waals surface area contributed by atoms with Crippen LogP contribution in [0.4, 0.5) is 11.4 Å². The van der Waals surface area contributed by atoms with Crippen molar-refractivity contribution in [3.8, 4) is 11.5 Å². The normalized spacial score (nSPS) is 12.7. The lowest BCUT2D eigenvalue weighted by Crippen LogP contribution is -2.38. The second kappa shape index (κ2) is 11.5. The minimum Gasteiger partial charge on any atom is -0.489 e. The van der Waals surface area contributed by atoms with Crippen LogP contribution in [-0.4, -0.2) is 18.4 Å². The summed E-state index contributed by atoms with van der Waals surface area (Å²) in [5.74, 6) is 0.969. The molecule has 5 rings (SSSR count). The van der Waals surface area contributed by atoms with Crippen molar-refractivity contribution in [1.82, 2.24) is 0 Å². The third-order valence-corrected chi connectivity index (χ3v) is 6.19. The van der Waals surface area contributed by atoms with Gasteiger partial charge in [-0.15, -0.1) is 0 Å². The Morgan fingerprint density at radius 2 is 1.71 bits per heavy atom. The largest absolute Gasteiger partial charge is 0.489 e. The second-order valence-corrected chi connectivity index (χ2v) is 9.10. The van der Waals surface area contributed by atoms with Gasteiger partial charge in [-0.3, -0.25) is 9.59 Å². The van der Waals surface area contributed by atoms with Crippen LogP contribution in [0.15, 0.2) is 103 Å². The number of carbonyl (C=O) groups excluding carboxylic acids is 2. The first kappa shape index (κ1) is 24.8. The molecule has 0 fully saturated rings. The van der Waals surface area contributed by atoms with Crippen molar-refractivity contribution in [2.75, 3.05) is 16.8 Å². The highest BCUT2D eigenvalue weighted by Gasteiger charge is 2.26.